The van der Waals surface area contributed by atoms with E-state index >= 15 is 0 Å². The van der Waals surface area contributed by atoms with Gasteiger partial charge in [0.25, 0.3) is 0 Å². The van der Waals surface area contributed by atoms with Gasteiger partial charge in [-0.1, -0.05) is 6.07 Å². The van der Waals surface area contributed by atoms with Crippen LogP contribution in [0.25, 0.3) is 0 Å². The van der Waals surface area contributed by atoms with E-state index in [1.807, 2.05) is 0 Å². The van der Waals surface area contributed by atoms with Crippen molar-refractivity contribution in [2.24, 2.45) is 0 Å². The lowest BCUT2D eigenvalue weighted by atomic mass is 10.0. The summed E-state index contributed by atoms with van der Waals surface area (Å²) in [5.41, 5.74) is -5.49. The van der Waals surface area contributed by atoms with Crippen molar-refractivity contribution in [1.82, 2.24) is 0 Å². The molecule has 0 heterocycles. The number of nitrogens with two attached hydrogens (primary N) is 2. The van der Waals surface area contributed by atoms with E-state index in [0.29, 0.717) is 6.07 Å². The minimum absolute atomic E-state index is 0.151. The highest BCUT2D eigenvalue weighted by molar-refractivity contribution is 5.62. The number of nitrogen functional groups attached to an aromatic ring is 2. The summed E-state index contributed by atoms with van der Waals surface area (Å²) in [5.74, 6) is -7.14. The summed E-state index contributed by atoms with van der Waals surface area (Å²) < 4.78 is 214. The van der Waals surface area contributed by atoms with Gasteiger partial charge in [-0.3, -0.25) is 0 Å². The Kier molecular flexibility index (Phi) is 7.90. The molecule has 0 amide bonds. The fourth-order valence-corrected chi connectivity index (χ4v) is 3.74. The minimum atomic E-state index is -5.92. The first-order valence-electron chi connectivity index (χ1n) is 10.5. The number of alkyl halides is 15. The van der Waals surface area contributed by atoms with Gasteiger partial charge >= 0.3 is 30.9 Å². The number of halogens is 15. The van der Waals surface area contributed by atoms with Gasteiger partial charge in [0.05, 0.1) is 11.1 Å². The third kappa shape index (κ3) is 6.48. The monoisotopic (exact) mass is 632 g/mol. The van der Waals surface area contributed by atoms with Gasteiger partial charge in [0.15, 0.2) is 0 Å². The molecule has 0 aromatic heterocycles. The molecule has 4 nitrogen and oxygen atoms in total. The summed E-state index contributed by atoms with van der Waals surface area (Å²) in [6.07, 6.45) is -29.2. The molecule has 3 rings (SSSR count). The quantitative estimate of drug-likeness (QED) is 0.222. The molecule has 0 atom stereocenters. The number of ether oxygens (including phenoxy) is 2. The molecule has 0 unspecified atom stereocenters. The lowest BCUT2D eigenvalue weighted by Crippen LogP contribution is -2.20. The van der Waals surface area contributed by atoms with E-state index < -0.39 is 93.1 Å². The number of hydrogen-bond donors (Lipinski definition) is 2. The Morgan fingerprint density at radius 2 is 0.619 bits per heavy atom. The van der Waals surface area contributed by atoms with Crippen molar-refractivity contribution in [3.63, 3.8) is 0 Å². The molecule has 0 saturated heterocycles. The summed E-state index contributed by atoms with van der Waals surface area (Å²) in [5, 5.41) is 0. The van der Waals surface area contributed by atoms with E-state index in [1.165, 1.54) is 0 Å². The number of hydrogen-bond acceptors (Lipinski definition) is 4. The van der Waals surface area contributed by atoms with Gasteiger partial charge in [-0.2, -0.15) is 65.9 Å². The summed E-state index contributed by atoms with van der Waals surface area (Å²) >= 11 is 0. The van der Waals surface area contributed by atoms with Gasteiger partial charge < -0.3 is 20.9 Å². The first-order chi connectivity index (χ1) is 18.8. The lowest BCUT2D eigenvalue weighted by Gasteiger charge is -2.24. The van der Waals surface area contributed by atoms with Crippen LogP contribution in [0.1, 0.15) is 27.8 Å². The van der Waals surface area contributed by atoms with Crippen LogP contribution in [0.5, 0.6) is 23.0 Å². The second kappa shape index (κ2) is 10.3. The molecule has 3 aromatic rings. The number of benzene rings is 3. The normalized spacial score (nSPS) is 13.3. The van der Waals surface area contributed by atoms with Crippen molar-refractivity contribution in [1.29, 1.82) is 0 Å². The number of rotatable bonds is 4. The van der Waals surface area contributed by atoms with E-state index in [4.69, 9.17) is 11.5 Å². The van der Waals surface area contributed by atoms with Crippen molar-refractivity contribution >= 4 is 11.4 Å². The van der Waals surface area contributed by atoms with Gasteiger partial charge in [-0.25, -0.2) is 0 Å². The highest BCUT2D eigenvalue weighted by atomic mass is 19.4. The van der Waals surface area contributed by atoms with Crippen LogP contribution in [-0.4, -0.2) is 0 Å². The van der Waals surface area contributed by atoms with Crippen LogP contribution in [-0.2, 0) is 30.9 Å². The maximum Gasteiger partial charge on any atom is 0.423 e. The van der Waals surface area contributed by atoms with Crippen LogP contribution in [0.3, 0.4) is 0 Å². The third-order valence-electron chi connectivity index (χ3n) is 5.24. The zero-order chi connectivity index (χ0) is 32.2. The van der Waals surface area contributed by atoms with E-state index in [2.05, 4.69) is 9.47 Å². The van der Waals surface area contributed by atoms with Crippen molar-refractivity contribution < 1.29 is 75.3 Å². The molecule has 0 fully saturated rings. The summed E-state index contributed by atoms with van der Waals surface area (Å²) in [6, 6.07) is 1.83. The molecule has 230 valence electrons. The van der Waals surface area contributed by atoms with Crippen LogP contribution in [0.4, 0.5) is 77.2 Å². The molecule has 0 bridgehead atoms. The fourth-order valence-electron chi connectivity index (χ4n) is 3.74. The van der Waals surface area contributed by atoms with E-state index in [-0.39, 0.29) is 36.4 Å². The van der Waals surface area contributed by atoms with Crippen LogP contribution >= 0.6 is 0 Å². The van der Waals surface area contributed by atoms with Gasteiger partial charge in [-0.05, 0) is 36.4 Å². The van der Waals surface area contributed by atoms with E-state index in [0.717, 1.165) is 0 Å². The third-order valence-corrected chi connectivity index (χ3v) is 5.24. The first kappa shape index (κ1) is 32.3. The molecule has 0 spiro atoms. The van der Waals surface area contributed by atoms with Crippen molar-refractivity contribution in [2.75, 3.05) is 11.5 Å². The fraction of sp³-hybridized carbons (Fsp3) is 0.217. The summed E-state index contributed by atoms with van der Waals surface area (Å²) in [7, 11) is 0. The molecule has 0 aliphatic heterocycles. The maximum atomic E-state index is 14.0. The SMILES string of the molecule is Nc1ccc(Oc2cccc(Oc3ccc(N)c(C(F)(F)F)c3C(F)(F)F)c2C(F)(F)F)c(C(F)(F)F)c1C(F)(F)F. The van der Waals surface area contributed by atoms with E-state index in [1.54, 1.807) is 0 Å². The average molecular weight is 632 g/mol. The number of anilines is 2. The Morgan fingerprint density at radius 3 is 0.881 bits per heavy atom. The highest BCUT2D eigenvalue weighted by Crippen LogP contribution is 2.53. The van der Waals surface area contributed by atoms with Gasteiger partial charge in [0, 0.05) is 11.4 Å². The highest BCUT2D eigenvalue weighted by Gasteiger charge is 2.49. The Morgan fingerprint density at radius 1 is 0.357 bits per heavy atom. The minimum Gasteiger partial charge on any atom is -0.456 e. The standard InChI is InChI=1S/C23H11F15N2O2/c24-19(25,26)14-8(39)4-6-12(17(14)22(33,34)35)41-10-2-1-3-11(16(10)21(30,31)32)42-13-7-5-9(40)15(20(27,28)29)18(13)23(36,37)38/h1-7H,39-40H2. The molecule has 4 N–H and O–H groups in total. The lowest BCUT2D eigenvalue weighted by molar-refractivity contribution is -0.162. The average Bonchev–Trinajstić information content (AvgIpc) is 2.77. The summed E-state index contributed by atoms with van der Waals surface area (Å²) in [4.78, 5) is 0. The Hall–Kier alpha value is -4.19. The van der Waals surface area contributed by atoms with Crippen LogP contribution in [0.2, 0.25) is 0 Å². The Labute approximate surface area is 223 Å². The Bertz CT molecular complexity index is 1380. The molecule has 0 saturated carbocycles. The molecule has 19 heteroatoms. The van der Waals surface area contributed by atoms with Crippen molar-refractivity contribution in [3.05, 3.63) is 70.3 Å². The summed E-state index contributed by atoms with van der Waals surface area (Å²) in [6.45, 7) is 0. The van der Waals surface area contributed by atoms with Crippen molar-refractivity contribution in [3.8, 4) is 23.0 Å². The molecule has 0 radical (unpaired) electrons. The van der Waals surface area contributed by atoms with Crippen LogP contribution in [0.15, 0.2) is 42.5 Å². The zero-order valence-corrected chi connectivity index (χ0v) is 19.7. The predicted octanol–water partition coefficient (Wildman–Crippen LogP) is 9.53. The molecule has 0 aliphatic carbocycles. The molecule has 0 aliphatic rings. The van der Waals surface area contributed by atoms with Crippen LogP contribution in [0, 0.1) is 0 Å². The second-order valence-electron chi connectivity index (χ2n) is 8.13. The predicted molar refractivity (Wildman–Crippen MR) is 113 cm³/mol. The molecular weight excluding hydrogens is 621 g/mol. The molecular formula is C23H11F15N2O2. The maximum absolute atomic E-state index is 14.0. The topological polar surface area (TPSA) is 70.5 Å². The smallest absolute Gasteiger partial charge is 0.423 e. The van der Waals surface area contributed by atoms with Gasteiger partial charge in [-0.15, -0.1) is 0 Å². The molecule has 42 heavy (non-hydrogen) atoms. The van der Waals surface area contributed by atoms with E-state index in [9.17, 15) is 65.9 Å². The second-order valence-corrected chi connectivity index (χ2v) is 8.13. The largest absolute Gasteiger partial charge is 0.456 e. The van der Waals surface area contributed by atoms with Gasteiger partial charge in [0.1, 0.15) is 39.7 Å². The first-order valence-corrected chi connectivity index (χ1v) is 10.5. The Balaban J connectivity index is 2.30. The molecule has 3 aromatic carbocycles. The van der Waals surface area contributed by atoms with Crippen LogP contribution < -0.4 is 20.9 Å². The van der Waals surface area contributed by atoms with Crippen molar-refractivity contribution in [2.45, 2.75) is 30.9 Å². The van der Waals surface area contributed by atoms with Gasteiger partial charge in [0.2, 0.25) is 0 Å². The zero-order valence-electron chi connectivity index (χ0n) is 19.7.